The van der Waals surface area contributed by atoms with E-state index in [4.69, 9.17) is 5.73 Å². The molecule has 2 heterocycles. The number of Topliss-reactive ketones (excluding diaryl/α,β-unsaturated/α-hetero) is 1. The topological polar surface area (TPSA) is 124 Å². The van der Waals surface area contributed by atoms with E-state index in [-0.39, 0.29) is 20.7 Å². The van der Waals surface area contributed by atoms with Crippen molar-refractivity contribution in [1.82, 2.24) is 24.7 Å². The average Bonchev–Trinajstić information content (AvgIpc) is 3.09. The van der Waals surface area contributed by atoms with Crippen molar-refractivity contribution < 1.29 is 29.6 Å². The fraction of sp³-hybridized carbons (Fsp3) is 0.278. The fourth-order valence-electron chi connectivity index (χ4n) is 2.51. The highest BCUT2D eigenvalue weighted by Crippen LogP contribution is 2.23. The van der Waals surface area contributed by atoms with Gasteiger partial charge in [-0.25, -0.2) is 13.8 Å². The van der Waals surface area contributed by atoms with Crippen LogP contribution in [0.2, 0.25) is 0 Å². The quantitative estimate of drug-likeness (QED) is 0.433. The Balaban J connectivity index is 0.00000289. The lowest BCUT2D eigenvalue weighted by atomic mass is 10.1. The highest BCUT2D eigenvalue weighted by molar-refractivity contribution is 5.86. The highest BCUT2D eigenvalue weighted by Gasteiger charge is 2.29. The Morgan fingerprint density at radius 2 is 1.91 bits per heavy atom. The zero-order valence-electron chi connectivity index (χ0n) is 16.5. The van der Waals surface area contributed by atoms with E-state index in [0.717, 1.165) is 10.9 Å². The largest absolute Gasteiger partial charge is 0.389 e. The summed E-state index contributed by atoms with van der Waals surface area (Å²) in [5, 5.41) is 9.27. The van der Waals surface area contributed by atoms with Gasteiger partial charge in [0, 0.05) is 15.0 Å². The summed E-state index contributed by atoms with van der Waals surface area (Å²) in [6, 6.07) is 4.19. The number of anilines is 4. The van der Waals surface area contributed by atoms with Gasteiger partial charge in [0.05, 0.1) is 18.7 Å². The van der Waals surface area contributed by atoms with Gasteiger partial charge in [0.25, 0.3) is 5.95 Å². The van der Waals surface area contributed by atoms with Crippen molar-refractivity contribution in [2.75, 3.05) is 16.4 Å². The minimum Gasteiger partial charge on any atom is -0.368 e. The maximum Gasteiger partial charge on any atom is 0.389 e. The molecule has 0 amide bonds. The van der Waals surface area contributed by atoms with Crippen molar-refractivity contribution in [3.8, 4) is 5.95 Å². The summed E-state index contributed by atoms with van der Waals surface area (Å²) < 4.78 is 65.0. The van der Waals surface area contributed by atoms with Crippen LogP contribution in [0.4, 0.5) is 45.4 Å². The zero-order chi connectivity index (χ0) is 23.5. The van der Waals surface area contributed by atoms with Crippen LogP contribution in [-0.2, 0) is 4.79 Å². The first-order valence-corrected chi connectivity index (χ1v) is 9.16. The molecule has 0 unspecified atom stereocenters. The Labute approximate surface area is 180 Å². The lowest BCUT2D eigenvalue weighted by Gasteiger charge is -2.15. The van der Waals surface area contributed by atoms with Gasteiger partial charge in [-0.05, 0) is 31.2 Å². The number of aromatic nitrogens is 5. The fourth-order valence-corrected chi connectivity index (χ4v) is 2.51. The molecule has 0 spiro atoms. The number of nitrogens with two attached hydrogens (primary N) is 1. The van der Waals surface area contributed by atoms with Crippen LogP contribution in [0.25, 0.3) is 5.95 Å². The third-order valence-electron chi connectivity index (χ3n) is 4.14. The van der Waals surface area contributed by atoms with Gasteiger partial charge in [-0.2, -0.15) is 27.8 Å². The molecule has 32 heavy (non-hydrogen) atoms. The van der Waals surface area contributed by atoms with Gasteiger partial charge >= 0.3 is 6.18 Å². The standard InChI is InChI=1S/C18H17F5N8O.2H2/c1-9(13(32)6-7-18(21,22)23)26-14-12(20)8-25-17(28-14)31-15(24)29-16(30-31)27-11-4-2-10(19)3-5-11;;/h2-5,8-9H,6-7H2,1H3,(H,25,26,28)(H3,24,27,29,30);2*1H/t9-;;/m0../s1. The first kappa shape index (κ1) is 22.8. The van der Waals surface area contributed by atoms with E-state index in [2.05, 4.69) is 30.7 Å². The normalized spacial score (nSPS) is 12.4. The Bertz CT molecular complexity index is 1110. The molecule has 0 aliphatic heterocycles. The summed E-state index contributed by atoms with van der Waals surface area (Å²) >= 11 is 0. The van der Waals surface area contributed by atoms with Gasteiger partial charge in [0.2, 0.25) is 11.9 Å². The highest BCUT2D eigenvalue weighted by atomic mass is 19.4. The Kier molecular flexibility index (Phi) is 6.50. The molecular formula is C18H21F5N8O. The van der Waals surface area contributed by atoms with E-state index in [1.165, 1.54) is 31.2 Å². The monoisotopic (exact) mass is 460 g/mol. The minimum absolute atomic E-state index is 0. The molecule has 0 bridgehead atoms. The van der Waals surface area contributed by atoms with Gasteiger partial charge in [0.1, 0.15) is 5.82 Å². The predicted molar refractivity (Wildman–Crippen MR) is 109 cm³/mol. The summed E-state index contributed by atoms with van der Waals surface area (Å²) in [6.07, 6.45) is -5.74. The van der Waals surface area contributed by atoms with Crippen molar-refractivity contribution in [1.29, 1.82) is 0 Å². The third-order valence-corrected chi connectivity index (χ3v) is 4.14. The molecule has 9 nitrogen and oxygen atoms in total. The molecule has 0 aliphatic carbocycles. The van der Waals surface area contributed by atoms with Gasteiger partial charge in [-0.15, -0.1) is 5.10 Å². The molecule has 3 rings (SSSR count). The third kappa shape index (κ3) is 5.86. The second-order valence-corrected chi connectivity index (χ2v) is 6.65. The SMILES string of the molecule is C[C@H](Nc1nc(-n2nc(Nc3ccc(F)cc3)nc2N)ncc1F)C(=O)CCC(F)(F)F.[HH].[HH]. The Hall–Kier alpha value is -3.84. The van der Waals surface area contributed by atoms with Crippen molar-refractivity contribution in [2.24, 2.45) is 0 Å². The molecule has 3 aromatic rings. The Morgan fingerprint density at radius 1 is 1.22 bits per heavy atom. The summed E-state index contributed by atoms with van der Waals surface area (Å²) in [6.45, 7) is 1.29. The van der Waals surface area contributed by atoms with E-state index in [1.807, 2.05) is 0 Å². The average molecular weight is 460 g/mol. The molecular weight excluding hydrogens is 439 g/mol. The number of carbonyl (C=O) groups is 1. The molecule has 174 valence electrons. The summed E-state index contributed by atoms with van der Waals surface area (Å²) in [5.74, 6) is -2.92. The van der Waals surface area contributed by atoms with Gasteiger partial charge in [-0.1, -0.05) is 0 Å². The maximum atomic E-state index is 14.1. The van der Waals surface area contributed by atoms with Gasteiger partial charge in [-0.3, -0.25) is 4.79 Å². The molecule has 0 saturated carbocycles. The molecule has 1 aromatic carbocycles. The smallest absolute Gasteiger partial charge is 0.368 e. The summed E-state index contributed by atoms with van der Waals surface area (Å²) in [4.78, 5) is 23.5. The van der Waals surface area contributed by atoms with Crippen LogP contribution in [0.3, 0.4) is 0 Å². The van der Waals surface area contributed by atoms with Crippen molar-refractivity contribution in [3.63, 3.8) is 0 Å². The molecule has 0 fully saturated rings. The van der Waals surface area contributed by atoms with E-state index in [9.17, 15) is 26.7 Å². The van der Waals surface area contributed by atoms with Crippen LogP contribution in [-0.4, -0.2) is 42.7 Å². The van der Waals surface area contributed by atoms with Crippen molar-refractivity contribution >= 4 is 29.2 Å². The number of hydrogen-bond donors (Lipinski definition) is 3. The first-order chi connectivity index (χ1) is 15.0. The molecule has 4 N–H and O–H groups in total. The molecule has 0 radical (unpaired) electrons. The molecule has 1 atom stereocenters. The summed E-state index contributed by atoms with van der Waals surface area (Å²) in [5.41, 5.74) is 6.27. The van der Waals surface area contributed by atoms with E-state index in [1.54, 1.807) is 0 Å². The number of hydrogen-bond acceptors (Lipinski definition) is 8. The van der Waals surface area contributed by atoms with Crippen LogP contribution in [0, 0.1) is 11.6 Å². The number of benzene rings is 1. The van der Waals surface area contributed by atoms with Crippen LogP contribution < -0.4 is 16.4 Å². The van der Waals surface area contributed by atoms with Crippen molar-refractivity contribution in [3.05, 3.63) is 42.1 Å². The van der Waals surface area contributed by atoms with Crippen LogP contribution in [0.1, 0.15) is 22.6 Å². The van der Waals surface area contributed by atoms with E-state index >= 15 is 0 Å². The van der Waals surface area contributed by atoms with Crippen LogP contribution >= 0.6 is 0 Å². The van der Waals surface area contributed by atoms with E-state index in [0.29, 0.717) is 5.69 Å². The molecule has 14 heteroatoms. The number of halogens is 5. The number of rotatable bonds is 8. The van der Waals surface area contributed by atoms with Gasteiger partial charge in [0.15, 0.2) is 17.4 Å². The van der Waals surface area contributed by atoms with Crippen LogP contribution in [0.5, 0.6) is 0 Å². The zero-order valence-corrected chi connectivity index (χ0v) is 16.5. The maximum absolute atomic E-state index is 14.1. The molecule has 0 saturated heterocycles. The second-order valence-electron chi connectivity index (χ2n) is 6.65. The number of ketones is 1. The predicted octanol–water partition coefficient (Wildman–Crippen LogP) is 3.87. The first-order valence-electron chi connectivity index (χ1n) is 9.16. The Morgan fingerprint density at radius 3 is 2.56 bits per heavy atom. The van der Waals surface area contributed by atoms with Gasteiger partial charge < -0.3 is 16.4 Å². The van der Waals surface area contributed by atoms with E-state index < -0.39 is 48.3 Å². The number of nitrogens with zero attached hydrogens (tertiary/aromatic N) is 5. The number of nitrogens with one attached hydrogen (secondary N) is 2. The lowest BCUT2D eigenvalue weighted by Crippen LogP contribution is -2.28. The lowest BCUT2D eigenvalue weighted by molar-refractivity contribution is -0.143. The summed E-state index contributed by atoms with van der Waals surface area (Å²) in [7, 11) is 0. The van der Waals surface area contributed by atoms with Crippen LogP contribution in [0.15, 0.2) is 30.5 Å². The molecule has 2 aromatic heterocycles. The van der Waals surface area contributed by atoms with Crippen molar-refractivity contribution in [2.45, 2.75) is 32.0 Å². The number of nitrogen functional groups attached to an aromatic ring is 1. The molecule has 0 aliphatic rings. The number of carbonyl (C=O) groups excluding carboxylic acids is 1. The number of alkyl halides is 3. The minimum atomic E-state index is -4.48. The second kappa shape index (κ2) is 9.11.